The molecule has 0 atom stereocenters. The molecule has 0 aromatic rings. The molecule has 1 amide bonds. The number of carbonyl (C=O) groups is 1. The van der Waals surface area contributed by atoms with E-state index in [2.05, 4.69) is 19.2 Å². The Hall–Kier alpha value is -0.610. The zero-order valence-electron chi connectivity index (χ0n) is 10.3. The summed E-state index contributed by atoms with van der Waals surface area (Å²) in [6.07, 6.45) is 3.06. The molecular weight excluding hydrogens is 204 g/mol. The first-order valence-electron chi connectivity index (χ1n) is 6.14. The molecule has 0 spiro atoms. The number of aliphatic hydroxyl groups is 1. The van der Waals surface area contributed by atoms with Crippen molar-refractivity contribution in [2.24, 2.45) is 17.6 Å². The number of hydrogen-bond acceptors (Lipinski definition) is 3. The summed E-state index contributed by atoms with van der Waals surface area (Å²) in [6, 6.07) is 0. The van der Waals surface area contributed by atoms with Crippen molar-refractivity contribution in [1.82, 2.24) is 5.32 Å². The number of rotatable bonds is 4. The van der Waals surface area contributed by atoms with E-state index in [1.54, 1.807) is 0 Å². The maximum atomic E-state index is 11.8. The van der Waals surface area contributed by atoms with Gasteiger partial charge < -0.3 is 16.2 Å². The predicted molar refractivity (Wildman–Crippen MR) is 63.8 cm³/mol. The second-order valence-corrected chi connectivity index (χ2v) is 5.43. The molecule has 0 aromatic carbocycles. The van der Waals surface area contributed by atoms with Crippen LogP contribution in [0, 0.1) is 11.8 Å². The minimum atomic E-state index is -0.450. The summed E-state index contributed by atoms with van der Waals surface area (Å²) in [6.45, 7) is 4.92. The Kier molecular flexibility index (Phi) is 4.74. The summed E-state index contributed by atoms with van der Waals surface area (Å²) in [4.78, 5) is 11.8. The quantitative estimate of drug-likeness (QED) is 0.661. The normalized spacial score (nSPS) is 30.4. The molecule has 4 heteroatoms. The molecule has 1 fully saturated rings. The number of nitrogens with two attached hydrogens (primary N) is 1. The van der Waals surface area contributed by atoms with Gasteiger partial charge in [0.15, 0.2) is 0 Å². The molecule has 0 radical (unpaired) electrons. The van der Waals surface area contributed by atoms with E-state index in [9.17, 15) is 4.79 Å². The van der Waals surface area contributed by atoms with Gasteiger partial charge in [-0.25, -0.2) is 0 Å². The average molecular weight is 228 g/mol. The molecule has 0 aliphatic heterocycles. The molecule has 4 nitrogen and oxygen atoms in total. The summed E-state index contributed by atoms with van der Waals surface area (Å²) in [5.41, 5.74) is 5.51. The van der Waals surface area contributed by atoms with Crippen LogP contribution in [0.3, 0.4) is 0 Å². The Morgan fingerprint density at radius 1 is 1.50 bits per heavy atom. The molecule has 0 heterocycles. The second-order valence-electron chi connectivity index (χ2n) is 5.43. The molecule has 4 N–H and O–H groups in total. The van der Waals surface area contributed by atoms with Gasteiger partial charge in [-0.1, -0.05) is 13.8 Å². The van der Waals surface area contributed by atoms with Crippen molar-refractivity contribution in [2.75, 3.05) is 13.2 Å². The van der Waals surface area contributed by atoms with Gasteiger partial charge in [-0.05, 0) is 31.6 Å². The first kappa shape index (κ1) is 13.5. The molecule has 94 valence electrons. The van der Waals surface area contributed by atoms with Gasteiger partial charge in [0, 0.05) is 18.0 Å². The van der Waals surface area contributed by atoms with Crippen molar-refractivity contribution < 1.29 is 9.90 Å². The molecule has 1 rings (SSSR count). The third-order valence-electron chi connectivity index (χ3n) is 3.35. The molecule has 1 aliphatic rings. The first-order valence-corrected chi connectivity index (χ1v) is 6.14. The first-order chi connectivity index (χ1) is 7.47. The van der Waals surface area contributed by atoms with E-state index in [1.165, 1.54) is 0 Å². The highest BCUT2D eigenvalue weighted by molar-refractivity contribution is 5.78. The fourth-order valence-corrected chi connectivity index (χ4v) is 2.06. The minimum Gasteiger partial charge on any atom is -0.394 e. The molecule has 0 bridgehead atoms. The van der Waals surface area contributed by atoms with Crippen molar-refractivity contribution >= 4 is 5.91 Å². The van der Waals surface area contributed by atoms with Crippen LogP contribution in [0.4, 0.5) is 0 Å². The molecule has 0 aromatic heterocycles. The van der Waals surface area contributed by atoms with E-state index in [4.69, 9.17) is 10.8 Å². The van der Waals surface area contributed by atoms with Crippen molar-refractivity contribution in [2.45, 2.75) is 45.1 Å². The van der Waals surface area contributed by atoms with Crippen LogP contribution in [-0.2, 0) is 4.79 Å². The predicted octanol–water partition coefficient (Wildman–Crippen LogP) is 0.639. The highest BCUT2D eigenvalue weighted by Gasteiger charge is 2.33. The van der Waals surface area contributed by atoms with Crippen LogP contribution in [0.15, 0.2) is 0 Å². The summed E-state index contributed by atoms with van der Waals surface area (Å²) >= 11 is 0. The lowest BCUT2D eigenvalue weighted by Crippen LogP contribution is -2.48. The highest BCUT2D eigenvalue weighted by atomic mass is 16.3. The van der Waals surface area contributed by atoms with Crippen molar-refractivity contribution in [3.8, 4) is 0 Å². The maximum absolute atomic E-state index is 11.8. The van der Waals surface area contributed by atoms with Crippen LogP contribution in [-0.4, -0.2) is 29.7 Å². The third-order valence-corrected chi connectivity index (χ3v) is 3.35. The third kappa shape index (κ3) is 3.76. The number of aliphatic hydroxyl groups excluding tert-OH is 1. The largest absolute Gasteiger partial charge is 0.394 e. The van der Waals surface area contributed by atoms with E-state index in [0.717, 1.165) is 32.2 Å². The van der Waals surface area contributed by atoms with E-state index in [-0.39, 0.29) is 18.4 Å². The van der Waals surface area contributed by atoms with Gasteiger partial charge in [0.25, 0.3) is 0 Å². The number of nitrogens with one attached hydrogen (secondary N) is 1. The summed E-state index contributed by atoms with van der Waals surface area (Å²) in [7, 11) is 0. The standard InChI is InChI=1S/C12H24N2O2/c1-9(2)7-14-11(16)10-3-5-12(13,8-15)6-4-10/h9-10,15H,3-8,13H2,1-2H3,(H,14,16). The van der Waals surface area contributed by atoms with Crippen molar-refractivity contribution in [1.29, 1.82) is 0 Å². The average Bonchev–Trinajstić information content (AvgIpc) is 2.27. The zero-order valence-corrected chi connectivity index (χ0v) is 10.3. The van der Waals surface area contributed by atoms with Gasteiger partial charge in [0.1, 0.15) is 0 Å². The Bertz CT molecular complexity index is 233. The van der Waals surface area contributed by atoms with Gasteiger partial charge in [-0.2, -0.15) is 0 Å². The summed E-state index contributed by atoms with van der Waals surface area (Å²) in [5, 5.41) is 12.1. The molecule has 1 saturated carbocycles. The van der Waals surface area contributed by atoms with Crippen molar-refractivity contribution in [3.05, 3.63) is 0 Å². The lowest BCUT2D eigenvalue weighted by molar-refractivity contribution is -0.126. The van der Waals surface area contributed by atoms with Crippen LogP contribution in [0.1, 0.15) is 39.5 Å². The lowest BCUT2D eigenvalue weighted by atomic mass is 9.77. The van der Waals surface area contributed by atoms with Crippen LogP contribution in [0.2, 0.25) is 0 Å². The van der Waals surface area contributed by atoms with E-state index in [0.29, 0.717) is 5.92 Å². The topological polar surface area (TPSA) is 75.4 Å². The van der Waals surface area contributed by atoms with Crippen LogP contribution in [0.25, 0.3) is 0 Å². The molecule has 1 aliphatic carbocycles. The second kappa shape index (κ2) is 5.64. The van der Waals surface area contributed by atoms with Crippen molar-refractivity contribution in [3.63, 3.8) is 0 Å². The zero-order chi connectivity index (χ0) is 12.2. The van der Waals surface area contributed by atoms with Gasteiger partial charge in [0.2, 0.25) is 5.91 Å². The maximum Gasteiger partial charge on any atom is 0.223 e. The number of amides is 1. The van der Waals surface area contributed by atoms with Crippen LogP contribution < -0.4 is 11.1 Å². The van der Waals surface area contributed by atoms with Gasteiger partial charge in [-0.15, -0.1) is 0 Å². The Morgan fingerprint density at radius 2 is 2.06 bits per heavy atom. The van der Waals surface area contributed by atoms with E-state index < -0.39 is 5.54 Å². The van der Waals surface area contributed by atoms with Gasteiger partial charge in [0.05, 0.1) is 6.61 Å². The molecule has 16 heavy (non-hydrogen) atoms. The van der Waals surface area contributed by atoms with Gasteiger partial charge in [-0.3, -0.25) is 4.79 Å². The summed E-state index contributed by atoms with van der Waals surface area (Å²) in [5.74, 6) is 0.717. The smallest absolute Gasteiger partial charge is 0.223 e. The molecule has 0 saturated heterocycles. The van der Waals surface area contributed by atoms with E-state index in [1.807, 2.05) is 0 Å². The lowest BCUT2D eigenvalue weighted by Gasteiger charge is -2.35. The minimum absolute atomic E-state index is 0.0212. The fraction of sp³-hybridized carbons (Fsp3) is 0.917. The number of carbonyl (C=O) groups excluding carboxylic acids is 1. The molecular formula is C12H24N2O2. The SMILES string of the molecule is CC(C)CNC(=O)C1CCC(N)(CO)CC1. The van der Waals surface area contributed by atoms with Gasteiger partial charge >= 0.3 is 0 Å². The van der Waals surface area contributed by atoms with Crippen LogP contribution in [0.5, 0.6) is 0 Å². The molecule has 0 unspecified atom stereocenters. The summed E-state index contributed by atoms with van der Waals surface area (Å²) < 4.78 is 0. The highest BCUT2D eigenvalue weighted by Crippen LogP contribution is 2.30. The number of hydrogen-bond donors (Lipinski definition) is 3. The van der Waals surface area contributed by atoms with E-state index >= 15 is 0 Å². The Balaban J connectivity index is 2.33. The Morgan fingerprint density at radius 3 is 2.50 bits per heavy atom. The fourth-order valence-electron chi connectivity index (χ4n) is 2.06. The monoisotopic (exact) mass is 228 g/mol. The Labute approximate surface area is 97.6 Å². The van der Waals surface area contributed by atoms with Crippen LogP contribution >= 0.6 is 0 Å².